The first-order chi connectivity index (χ1) is 8.22. The molecule has 1 aromatic carbocycles. The summed E-state index contributed by atoms with van der Waals surface area (Å²) in [7, 11) is 0. The Balaban J connectivity index is 2.38. The molecule has 0 amide bonds. The van der Waals surface area contributed by atoms with Gasteiger partial charge in [-0.3, -0.25) is 5.32 Å². The van der Waals surface area contributed by atoms with Gasteiger partial charge in [0.05, 0.1) is 5.39 Å². The van der Waals surface area contributed by atoms with Gasteiger partial charge in [0, 0.05) is 0 Å². The molecule has 0 radical (unpaired) electrons. The van der Waals surface area contributed by atoms with Crippen molar-refractivity contribution in [3.05, 3.63) is 30.6 Å². The minimum Gasteiger partial charge on any atom is -0.479 e. The number of aromatic amines is 1. The van der Waals surface area contributed by atoms with Crippen molar-refractivity contribution in [1.29, 1.82) is 0 Å². The molecule has 5 heteroatoms. The molecule has 1 heterocycles. The summed E-state index contributed by atoms with van der Waals surface area (Å²) in [6, 6.07) is 6.97. The minimum absolute atomic E-state index is 0.514. The highest BCUT2D eigenvalue weighted by Crippen LogP contribution is 2.17. The van der Waals surface area contributed by atoms with Gasteiger partial charge in [-0.25, -0.2) is 9.78 Å². The lowest BCUT2D eigenvalue weighted by Gasteiger charge is -2.09. The van der Waals surface area contributed by atoms with Crippen molar-refractivity contribution in [3.63, 3.8) is 0 Å². The lowest BCUT2D eigenvalue weighted by molar-refractivity contribution is -0.364. The summed E-state index contributed by atoms with van der Waals surface area (Å²) < 4.78 is 0. The van der Waals surface area contributed by atoms with Crippen LogP contribution in [0.1, 0.15) is 13.3 Å². The van der Waals surface area contributed by atoms with Crippen LogP contribution in [0.15, 0.2) is 30.6 Å². The van der Waals surface area contributed by atoms with E-state index in [4.69, 9.17) is 5.11 Å². The number of aliphatic carboxylic acids is 1. The van der Waals surface area contributed by atoms with Crippen molar-refractivity contribution in [3.8, 4) is 0 Å². The van der Waals surface area contributed by atoms with Gasteiger partial charge in [-0.1, -0.05) is 19.1 Å². The number of H-pyrrole nitrogens is 1. The largest absolute Gasteiger partial charge is 0.479 e. The average Bonchev–Trinajstić information content (AvgIpc) is 2.35. The average molecular weight is 232 g/mol. The fourth-order valence-electron chi connectivity index (χ4n) is 1.67. The topological polar surface area (TPSA) is 76.4 Å². The van der Waals surface area contributed by atoms with Crippen LogP contribution in [-0.2, 0) is 4.79 Å². The van der Waals surface area contributed by atoms with Gasteiger partial charge in [0.15, 0.2) is 11.6 Å². The van der Waals surface area contributed by atoms with Crippen molar-refractivity contribution in [2.24, 2.45) is 0 Å². The normalized spacial score (nSPS) is 12.3. The van der Waals surface area contributed by atoms with Gasteiger partial charge in [-0.05, 0) is 18.6 Å². The molecule has 1 unspecified atom stereocenters. The number of nitrogens with zero attached hydrogens (tertiary/aromatic N) is 1. The number of rotatable bonds is 4. The van der Waals surface area contributed by atoms with E-state index < -0.39 is 12.0 Å². The number of benzene rings is 1. The zero-order valence-electron chi connectivity index (χ0n) is 9.47. The lowest BCUT2D eigenvalue weighted by Crippen LogP contribution is -2.31. The molecule has 5 nitrogen and oxygen atoms in total. The molecule has 1 atom stereocenters. The van der Waals surface area contributed by atoms with E-state index >= 15 is 0 Å². The number of nitrogens with one attached hydrogen (secondary N) is 2. The minimum atomic E-state index is -0.859. The molecule has 0 saturated heterocycles. The van der Waals surface area contributed by atoms with E-state index in [9.17, 15) is 4.79 Å². The number of carboxylic acids is 1. The molecule has 2 rings (SSSR count). The molecule has 17 heavy (non-hydrogen) atoms. The highest BCUT2D eigenvalue weighted by molar-refractivity contribution is 5.89. The number of hydrogen-bond donors (Lipinski definition) is 2. The Labute approximate surface area is 98.5 Å². The van der Waals surface area contributed by atoms with Crippen LogP contribution in [0.5, 0.6) is 0 Å². The first kappa shape index (κ1) is 11.3. The van der Waals surface area contributed by atoms with E-state index in [1.54, 1.807) is 6.33 Å². The fourth-order valence-corrected chi connectivity index (χ4v) is 1.67. The third kappa shape index (κ3) is 2.33. The quantitative estimate of drug-likeness (QED) is 0.833. The van der Waals surface area contributed by atoms with Gasteiger partial charge in [0.2, 0.25) is 12.1 Å². The maximum atomic E-state index is 11.0. The van der Waals surface area contributed by atoms with Gasteiger partial charge in [-0.15, -0.1) is 4.98 Å². The fraction of sp³-hybridized carbons (Fsp3) is 0.250. The number of carboxylic acid groups (broad SMARTS) is 1. The molecule has 0 aliphatic heterocycles. The monoisotopic (exact) mass is 232 g/mol. The highest BCUT2D eigenvalue weighted by atomic mass is 16.4. The number of hydrogen-bond acceptors (Lipinski definition) is 3. The van der Waals surface area contributed by atoms with Crippen molar-refractivity contribution in [2.75, 3.05) is 5.32 Å². The predicted octanol–water partition coefficient (Wildman–Crippen LogP) is 1.32. The number of fused-ring (bicyclic) bond motifs is 1. The lowest BCUT2D eigenvalue weighted by atomic mass is 10.2. The third-order valence-electron chi connectivity index (χ3n) is 2.61. The van der Waals surface area contributed by atoms with Crippen LogP contribution >= 0.6 is 0 Å². The van der Waals surface area contributed by atoms with E-state index in [1.165, 1.54) is 0 Å². The van der Waals surface area contributed by atoms with Crippen molar-refractivity contribution in [2.45, 2.75) is 19.4 Å². The molecule has 0 aliphatic carbocycles. The van der Waals surface area contributed by atoms with Crippen LogP contribution in [-0.4, -0.2) is 22.1 Å². The first-order valence-corrected chi connectivity index (χ1v) is 5.47. The Morgan fingerprint density at radius 2 is 2.29 bits per heavy atom. The molecule has 0 saturated carbocycles. The van der Waals surface area contributed by atoms with Gasteiger partial charge in [0.1, 0.15) is 0 Å². The summed E-state index contributed by atoms with van der Waals surface area (Å²) in [4.78, 5) is 18.1. The van der Waals surface area contributed by atoms with E-state index in [2.05, 4.69) is 15.3 Å². The zero-order chi connectivity index (χ0) is 12.3. The second-order valence-electron chi connectivity index (χ2n) is 3.74. The van der Waals surface area contributed by atoms with Crippen molar-refractivity contribution < 1.29 is 14.9 Å². The molecular weight excluding hydrogens is 218 g/mol. The Morgan fingerprint density at radius 3 is 3.00 bits per heavy atom. The third-order valence-corrected chi connectivity index (χ3v) is 2.61. The summed E-state index contributed by atoms with van der Waals surface area (Å²) in [5.74, 6) is -0.174. The van der Waals surface area contributed by atoms with Gasteiger partial charge < -0.3 is 5.11 Å². The Kier molecular flexibility index (Phi) is 3.18. The maximum absolute atomic E-state index is 11.0. The van der Waals surface area contributed by atoms with Gasteiger partial charge in [0.25, 0.3) is 0 Å². The first-order valence-electron chi connectivity index (χ1n) is 5.47. The summed E-state index contributed by atoms with van der Waals surface area (Å²) in [5.41, 5.74) is 0.828. The summed E-state index contributed by atoms with van der Waals surface area (Å²) >= 11 is 0. The summed E-state index contributed by atoms with van der Waals surface area (Å²) in [5, 5.41) is 12.9. The van der Waals surface area contributed by atoms with Crippen LogP contribution in [0.25, 0.3) is 10.9 Å². The summed E-state index contributed by atoms with van der Waals surface area (Å²) in [6.45, 7) is 1.83. The molecule has 0 spiro atoms. The summed E-state index contributed by atoms with van der Waals surface area (Å²) in [6.07, 6.45) is 2.07. The van der Waals surface area contributed by atoms with Crippen LogP contribution in [0.2, 0.25) is 0 Å². The van der Waals surface area contributed by atoms with Crippen molar-refractivity contribution >= 4 is 22.7 Å². The van der Waals surface area contributed by atoms with E-state index in [0.29, 0.717) is 12.2 Å². The van der Waals surface area contributed by atoms with Crippen molar-refractivity contribution in [1.82, 2.24) is 4.98 Å². The second-order valence-corrected chi connectivity index (χ2v) is 3.74. The standard InChI is InChI=1S/C12H13N3O2/c1-2-9(12(16)17)15-11-8-5-3-4-6-10(8)13-7-14-11/h3-7,9H,2H2,1H3,(H,16,17)(H,13,14,15)/p+1. The number of anilines is 1. The molecule has 0 bridgehead atoms. The molecule has 1 aromatic heterocycles. The molecular formula is C12H14N3O2+. The van der Waals surface area contributed by atoms with Gasteiger partial charge >= 0.3 is 5.97 Å². The molecule has 3 N–H and O–H groups in total. The number of aromatic nitrogens is 2. The predicted molar refractivity (Wildman–Crippen MR) is 63.6 cm³/mol. The maximum Gasteiger partial charge on any atom is 0.341 e. The molecule has 0 aliphatic rings. The van der Waals surface area contributed by atoms with Gasteiger partial charge in [-0.2, -0.15) is 0 Å². The van der Waals surface area contributed by atoms with E-state index in [0.717, 1.165) is 10.9 Å². The Morgan fingerprint density at radius 1 is 1.53 bits per heavy atom. The molecule has 2 aromatic rings. The molecule has 0 fully saturated rings. The van der Waals surface area contributed by atoms with E-state index in [1.807, 2.05) is 31.2 Å². The Hall–Kier alpha value is -2.17. The number of para-hydroxylation sites is 1. The second kappa shape index (κ2) is 4.78. The van der Waals surface area contributed by atoms with Crippen LogP contribution in [0.3, 0.4) is 0 Å². The number of carbonyl (C=O) groups is 1. The molecule has 88 valence electrons. The van der Waals surface area contributed by atoms with Crippen LogP contribution in [0.4, 0.5) is 5.82 Å². The van der Waals surface area contributed by atoms with Crippen LogP contribution in [0, 0.1) is 0 Å². The van der Waals surface area contributed by atoms with E-state index in [-0.39, 0.29) is 0 Å². The smallest absolute Gasteiger partial charge is 0.341 e. The zero-order valence-corrected chi connectivity index (χ0v) is 9.47. The SMILES string of the molecule is CCC(Nc1[nH+]cnc2ccccc12)C(=O)O. The van der Waals surface area contributed by atoms with Crippen LogP contribution < -0.4 is 10.3 Å². The Bertz CT molecular complexity index is 537. The highest BCUT2D eigenvalue weighted by Gasteiger charge is 2.20.